The van der Waals surface area contributed by atoms with Crippen LogP contribution in [0.1, 0.15) is 55.6 Å². The summed E-state index contributed by atoms with van der Waals surface area (Å²) < 4.78 is 0. The fraction of sp³-hybridized carbons (Fsp3) is 0.435. The molecule has 2 rings (SSSR count). The van der Waals surface area contributed by atoms with Crippen LogP contribution < -0.4 is 5.32 Å². The summed E-state index contributed by atoms with van der Waals surface area (Å²) in [6.45, 7) is 0.700. The molecule has 0 heterocycles. The number of benzene rings is 2. The largest absolute Gasteiger partial charge is 0.356 e. The van der Waals surface area contributed by atoms with Crippen molar-refractivity contribution in [3.8, 4) is 0 Å². The maximum absolute atomic E-state index is 12.1. The molecular weight excluding hydrogens is 370 g/mol. The van der Waals surface area contributed by atoms with Crippen LogP contribution >= 0.6 is 25.3 Å². The second-order valence-corrected chi connectivity index (χ2v) is 8.04. The Kier molecular flexibility index (Phi) is 10.5. The minimum atomic E-state index is 0.159. The van der Waals surface area contributed by atoms with Gasteiger partial charge in [0, 0.05) is 29.9 Å². The number of rotatable bonds is 12. The summed E-state index contributed by atoms with van der Waals surface area (Å²) >= 11 is 8.68. The SMILES string of the molecule is O=C(CCCCCC(S)CS)NCCC(c1ccccc1)c1ccccc1. The van der Waals surface area contributed by atoms with E-state index in [0.29, 0.717) is 24.1 Å². The number of hydrogen-bond donors (Lipinski definition) is 3. The standard InChI is InChI=1S/C23H31NOS2/c25-23(15-9-3-8-14-21(27)18-26)24-17-16-22(19-10-4-1-5-11-19)20-12-6-2-7-13-20/h1-2,4-7,10-13,21-22,26-27H,3,8-9,14-18H2,(H,24,25). The number of hydrogen-bond acceptors (Lipinski definition) is 3. The third-order valence-electron chi connectivity index (χ3n) is 4.81. The minimum Gasteiger partial charge on any atom is -0.356 e. The van der Waals surface area contributed by atoms with E-state index in [4.69, 9.17) is 0 Å². The summed E-state index contributed by atoms with van der Waals surface area (Å²) in [6.07, 6.45) is 5.73. The summed E-state index contributed by atoms with van der Waals surface area (Å²) in [4.78, 5) is 12.1. The van der Waals surface area contributed by atoms with Gasteiger partial charge in [-0.3, -0.25) is 4.79 Å². The second-order valence-electron chi connectivity index (χ2n) is 6.95. The van der Waals surface area contributed by atoms with Gasteiger partial charge in [0.15, 0.2) is 0 Å². The molecule has 1 amide bonds. The van der Waals surface area contributed by atoms with Crippen molar-refractivity contribution in [2.24, 2.45) is 0 Å². The third-order valence-corrected chi connectivity index (χ3v) is 5.98. The summed E-state index contributed by atoms with van der Waals surface area (Å²) in [7, 11) is 0. The van der Waals surface area contributed by atoms with Crippen molar-refractivity contribution in [2.75, 3.05) is 12.3 Å². The molecule has 1 N–H and O–H groups in total. The topological polar surface area (TPSA) is 29.1 Å². The molecule has 0 aromatic heterocycles. The number of amides is 1. The van der Waals surface area contributed by atoms with Gasteiger partial charge in [-0.1, -0.05) is 73.5 Å². The first-order valence-corrected chi connectivity index (χ1v) is 11.0. The van der Waals surface area contributed by atoms with Crippen molar-refractivity contribution in [3.05, 3.63) is 71.8 Å². The molecule has 0 aliphatic carbocycles. The molecule has 0 radical (unpaired) electrons. The minimum absolute atomic E-state index is 0.159. The lowest BCUT2D eigenvalue weighted by Gasteiger charge is -2.18. The van der Waals surface area contributed by atoms with E-state index in [0.717, 1.165) is 37.9 Å². The van der Waals surface area contributed by atoms with Gasteiger partial charge in [-0.15, -0.1) is 0 Å². The van der Waals surface area contributed by atoms with Gasteiger partial charge in [-0.2, -0.15) is 25.3 Å². The summed E-state index contributed by atoms with van der Waals surface area (Å²) in [5, 5.41) is 3.47. The van der Waals surface area contributed by atoms with Crippen molar-refractivity contribution in [1.29, 1.82) is 0 Å². The molecule has 0 bridgehead atoms. The first-order valence-electron chi connectivity index (χ1n) is 9.86. The predicted molar refractivity (Wildman–Crippen MR) is 122 cm³/mol. The highest BCUT2D eigenvalue weighted by molar-refractivity contribution is 7.84. The van der Waals surface area contributed by atoms with Gasteiger partial charge in [0.2, 0.25) is 5.91 Å². The normalized spacial score (nSPS) is 12.1. The Hall–Kier alpha value is -1.39. The molecule has 1 atom stereocenters. The second kappa shape index (κ2) is 12.9. The van der Waals surface area contributed by atoms with Crippen LogP contribution in [0.3, 0.4) is 0 Å². The van der Waals surface area contributed by atoms with E-state index in [2.05, 4.69) is 79.1 Å². The van der Waals surface area contributed by atoms with E-state index in [1.165, 1.54) is 11.1 Å². The Bertz CT molecular complexity index is 608. The highest BCUT2D eigenvalue weighted by atomic mass is 32.1. The first-order chi connectivity index (χ1) is 13.2. The molecule has 0 aliphatic rings. The first kappa shape index (κ1) is 21.9. The molecule has 2 aromatic carbocycles. The average Bonchev–Trinajstić information content (AvgIpc) is 2.72. The maximum atomic E-state index is 12.1. The molecule has 0 spiro atoms. The van der Waals surface area contributed by atoms with E-state index < -0.39 is 0 Å². The monoisotopic (exact) mass is 401 g/mol. The van der Waals surface area contributed by atoms with Crippen LogP contribution in [0.25, 0.3) is 0 Å². The van der Waals surface area contributed by atoms with Gasteiger partial charge in [0.25, 0.3) is 0 Å². The quantitative estimate of drug-likeness (QED) is 0.318. The highest BCUT2D eigenvalue weighted by Crippen LogP contribution is 2.27. The van der Waals surface area contributed by atoms with E-state index in [9.17, 15) is 4.79 Å². The van der Waals surface area contributed by atoms with E-state index in [-0.39, 0.29) is 5.91 Å². The van der Waals surface area contributed by atoms with Crippen molar-refractivity contribution < 1.29 is 4.79 Å². The van der Waals surface area contributed by atoms with E-state index >= 15 is 0 Å². The molecule has 1 unspecified atom stereocenters. The van der Waals surface area contributed by atoms with Crippen molar-refractivity contribution in [2.45, 2.75) is 49.7 Å². The predicted octanol–water partition coefficient (Wildman–Crippen LogP) is 5.50. The molecule has 0 saturated carbocycles. The van der Waals surface area contributed by atoms with Crippen LogP contribution in [0, 0.1) is 0 Å². The van der Waals surface area contributed by atoms with E-state index in [1.54, 1.807) is 0 Å². The number of carbonyl (C=O) groups excluding carboxylic acids is 1. The van der Waals surface area contributed by atoms with Gasteiger partial charge >= 0.3 is 0 Å². The Morgan fingerprint density at radius 3 is 2.00 bits per heavy atom. The van der Waals surface area contributed by atoms with Gasteiger partial charge in [0.1, 0.15) is 0 Å². The zero-order chi connectivity index (χ0) is 19.3. The van der Waals surface area contributed by atoms with Gasteiger partial charge < -0.3 is 5.32 Å². The smallest absolute Gasteiger partial charge is 0.219 e. The summed E-state index contributed by atoms with van der Waals surface area (Å²) in [6, 6.07) is 21.1. The highest BCUT2D eigenvalue weighted by Gasteiger charge is 2.14. The van der Waals surface area contributed by atoms with Crippen LogP contribution in [0.4, 0.5) is 0 Å². The zero-order valence-electron chi connectivity index (χ0n) is 15.9. The Morgan fingerprint density at radius 2 is 1.44 bits per heavy atom. The summed E-state index contributed by atoms with van der Waals surface area (Å²) in [5.74, 6) is 1.28. The van der Waals surface area contributed by atoms with Crippen LogP contribution in [-0.2, 0) is 4.79 Å². The molecule has 2 nitrogen and oxygen atoms in total. The molecule has 146 valence electrons. The zero-order valence-corrected chi connectivity index (χ0v) is 17.7. The lowest BCUT2D eigenvalue weighted by Crippen LogP contribution is -2.25. The average molecular weight is 402 g/mol. The van der Waals surface area contributed by atoms with Crippen molar-refractivity contribution >= 4 is 31.2 Å². The molecule has 27 heavy (non-hydrogen) atoms. The van der Waals surface area contributed by atoms with Gasteiger partial charge in [0.05, 0.1) is 0 Å². The lowest BCUT2D eigenvalue weighted by atomic mass is 9.88. The molecular formula is C23H31NOS2. The lowest BCUT2D eigenvalue weighted by molar-refractivity contribution is -0.121. The maximum Gasteiger partial charge on any atom is 0.219 e. The molecule has 2 aromatic rings. The molecule has 4 heteroatoms. The van der Waals surface area contributed by atoms with Gasteiger partial charge in [-0.05, 0) is 30.4 Å². The number of nitrogens with one attached hydrogen (secondary N) is 1. The number of carbonyl (C=O) groups is 1. The fourth-order valence-corrected chi connectivity index (χ4v) is 3.64. The van der Waals surface area contributed by atoms with Crippen LogP contribution in [0.2, 0.25) is 0 Å². The third kappa shape index (κ3) is 8.44. The van der Waals surface area contributed by atoms with E-state index in [1.807, 2.05) is 12.1 Å². The number of unbranched alkanes of at least 4 members (excludes halogenated alkanes) is 2. The Balaban J connectivity index is 1.75. The van der Waals surface area contributed by atoms with Gasteiger partial charge in [-0.25, -0.2) is 0 Å². The Morgan fingerprint density at radius 1 is 0.852 bits per heavy atom. The summed E-state index contributed by atoms with van der Waals surface area (Å²) in [5.41, 5.74) is 2.59. The van der Waals surface area contributed by atoms with Crippen molar-refractivity contribution in [3.63, 3.8) is 0 Å². The van der Waals surface area contributed by atoms with Crippen LogP contribution in [0.15, 0.2) is 60.7 Å². The van der Waals surface area contributed by atoms with Crippen molar-refractivity contribution in [1.82, 2.24) is 5.32 Å². The Labute approximate surface area is 175 Å². The fourth-order valence-electron chi connectivity index (χ4n) is 3.27. The molecule has 0 aliphatic heterocycles. The number of thiol groups is 2. The molecule has 0 saturated heterocycles. The van der Waals surface area contributed by atoms with Crippen LogP contribution in [0.5, 0.6) is 0 Å². The molecule has 0 fully saturated rings. The van der Waals surface area contributed by atoms with Crippen LogP contribution in [-0.4, -0.2) is 23.5 Å².